The highest BCUT2D eigenvalue weighted by Gasteiger charge is 2.22. The van der Waals surface area contributed by atoms with E-state index in [4.69, 9.17) is 0 Å². The first-order chi connectivity index (χ1) is 13.6. The molecule has 28 heavy (non-hydrogen) atoms. The van der Waals surface area contributed by atoms with Crippen molar-refractivity contribution in [2.45, 2.75) is 33.9 Å². The van der Waals surface area contributed by atoms with E-state index < -0.39 is 0 Å². The number of carbonyl (C=O) groups excluding carboxylic acids is 2. The topological polar surface area (TPSA) is 67.9 Å². The summed E-state index contributed by atoms with van der Waals surface area (Å²) in [5, 5.41) is 5.88. The Labute approximate surface area is 169 Å². The summed E-state index contributed by atoms with van der Waals surface area (Å²) >= 11 is 0. The summed E-state index contributed by atoms with van der Waals surface area (Å²) in [6, 6.07) is 8.27. The molecule has 1 fully saturated rings. The van der Waals surface area contributed by atoms with E-state index in [1.165, 1.54) is 5.56 Å². The first kappa shape index (κ1) is 22.2. The summed E-state index contributed by atoms with van der Waals surface area (Å²) in [6.07, 6.45) is 0. The lowest BCUT2D eigenvalue weighted by Gasteiger charge is -2.34. The van der Waals surface area contributed by atoms with Crippen molar-refractivity contribution in [3.8, 4) is 0 Å². The molecule has 0 aromatic heterocycles. The molecule has 1 aromatic rings. The molecule has 0 saturated carbocycles. The number of likely N-dealkylation sites (N-methyl/N-ethyl adjacent to an activating group) is 1. The average molecular weight is 390 g/mol. The predicted octanol–water partition coefficient (Wildman–Crippen LogP) is 1.49. The highest BCUT2D eigenvalue weighted by Crippen LogP contribution is 2.12. The normalized spacial score (nSPS) is 14.9. The maximum atomic E-state index is 12.6. The van der Waals surface area contributed by atoms with Gasteiger partial charge in [-0.1, -0.05) is 38.1 Å². The van der Waals surface area contributed by atoms with Gasteiger partial charge in [-0.15, -0.1) is 0 Å². The molecule has 0 bridgehead atoms. The number of amides is 3. The monoisotopic (exact) mass is 389 g/mol. The van der Waals surface area contributed by atoms with Crippen LogP contribution in [0.5, 0.6) is 0 Å². The summed E-state index contributed by atoms with van der Waals surface area (Å²) in [4.78, 5) is 30.5. The minimum Gasteiger partial charge on any atom is -0.355 e. The van der Waals surface area contributed by atoms with E-state index in [1.807, 2.05) is 17.9 Å². The first-order valence-electron chi connectivity index (χ1n) is 10.4. The Balaban J connectivity index is 1.81. The molecule has 1 aliphatic heterocycles. The number of nitrogens with one attached hydrogen (secondary N) is 2. The summed E-state index contributed by atoms with van der Waals surface area (Å²) in [5.74, 6) is 0.0465. The summed E-state index contributed by atoms with van der Waals surface area (Å²) in [6.45, 7) is 13.5. The van der Waals surface area contributed by atoms with Crippen LogP contribution in [0.1, 0.15) is 31.9 Å². The number of hydrogen-bond donors (Lipinski definition) is 2. The van der Waals surface area contributed by atoms with E-state index >= 15 is 0 Å². The van der Waals surface area contributed by atoms with Gasteiger partial charge in [-0.05, 0) is 31.1 Å². The quantitative estimate of drug-likeness (QED) is 0.672. The van der Waals surface area contributed by atoms with E-state index in [1.54, 1.807) is 0 Å². The number of urea groups is 1. The molecule has 1 aromatic carbocycles. The van der Waals surface area contributed by atoms with Gasteiger partial charge in [0.1, 0.15) is 0 Å². The van der Waals surface area contributed by atoms with Crippen LogP contribution in [0, 0.1) is 0 Å². The summed E-state index contributed by atoms with van der Waals surface area (Å²) in [5.41, 5.74) is 2.43. The lowest BCUT2D eigenvalue weighted by molar-refractivity contribution is -0.122. The SMILES string of the molecule is CCNC(=O)CN1CCN(C(=O)NCc2ccccc2CN(CC)CC)CC1. The van der Waals surface area contributed by atoms with Crippen LogP contribution < -0.4 is 10.6 Å². The fourth-order valence-electron chi connectivity index (χ4n) is 3.42. The average Bonchev–Trinajstić information content (AvgIpc) is 2.71. The van der Waals surface area contributed by atoms with Crippen LogP contribution in [0.25, 0.3) is 0 Å². The van der Waals surface area contributed by atoms with E-state index in [0.717, 1.165) is 38.3 Å². The van der Waals surface area contributed by atoms with Crippen molar-refractivity contribution in [1.29, 1.82) is 0 Å². The molecule has 0 radical (unpaired) electrons. The smallest absolute Gasteiger partial charge is 0.317 e. The van der Waals surface area contributed by atoms with Crippen molar-refractivity contribution in [2.75, 3.05) is 52.4 Å². The van der Waals surface area contributed by atoms with Crippen LogP contribution >= 0.6 is 0 Å². The second kappa shape index (κ2) is 11.7. The van der Waals surface area contributed by atoms with Crippen LogP contribution in [0.4, 0.5) is 4.79 Å². The van der Waals surface area contributed by atoms with Gasteiger partial charge >= 0.3 is 6.03 Å². The number of piperazine rings is 1. The second-order valence-corrected chi connectivity index (χ2v) is 7.11. The molecular weight excluding hydrogens is 354 g/mol. The van der Waals surface area contributed by atoms with Crippen molar-refractivity contribution in [3.63, 3.8) is 0 Å². The van der Waals surface area contributed by atoms with E-state index in [2.05, 4.69) is 52.5 Å². The highest BCUT2D eigenvalue weighted by atomic mass is 16.2. The van der Waals surface area contributed by atoms with Crippen LogP contribution in [0.2, 0.25) is 0 Å². The molecule has 1 aliphatic rings. The number of carbonyl (C=O) groups is 2. The van der Waals surface area contributed by atoms with Gasteiger partial charge in [0.15, 0.2) is 0 Å². The zero-order valence-electron chi connectivity index (χ0n) is 17.5. The molecule has 0 spiro atoms. The van der Waals surface area contributed by atoms with Crippen LogP contribution in [-0.4, -0.2) is 79.0 Å². The zero-order chi connectivity index (χ0) is 20.4. The molecule has 3 amide bonds. The van der Waals surface area contributed by atoms with Gasteiger partial charge < -0.3 is 15.5 Å². The standard InChI is InChI=1S/C21H35N5O2/c1-4-22-20(27)17-25-11-13-26(14-12-25)21(28)23-15-18-9-7-8-10-19(18)16-24(5-2)6-3/h7-10H,4-6,11-17H2,1-3H3,(H,22,27)(H,23,28). The van der Waals surface area contributed by atoms with E-state index in [0.29, 0.717) is 32.7 Å². The molecule has 1 saturated heterocycles. The fourth-order valence-corrected chi connectivity index (χ4v) is 3.42. The Morgan fingerprint density at radius 3 is 2.21 bits per heavy atom. The number of hydrogen-bond acceptors (Lipinski definition) is 4. The van der Waals surface area contributed by atoms with Gasteiger partial charge in [-0.3, -0.25) is 14.6 Å². The summed E-state index contributed by atoms with van der Waals surface area (Å²) < 4.78 is 0. The van der Waals surface area contributed by atoms with Gasteiger partial charge in [-0.25, -0.2) is 4.79 Å². The summed E-state index contributed by atoms with van der Waals surface area (Å²) in [7, 11) is 0. The zero-order valence-corrected chi connectivity index (χ0v) is 17.5. The minimum atomic E-state index is -0.0321. The lowest BCUT2D eigenvalue weighted by atomic mass is 10.1. The van der Waals surface area contributed by atoms with Crippen LogP contribution in [0.3, 0.4) is 0 Å². The third-order valence-electron chi connectivity index (χ3n) is 5.24. The molecule has 7 nitrogen and oxygen atoms in total. The molecule has 156 valence electrons. The van der Waals surface area contributed by atoms with Gasteiger partial charge in [-0.2, -0.15) is 0 Å². The van der Waals surface area contributed by atoms with Crippen molar-refractivity contribution in [1.82, 2.24) is 25.3 Å². The molecule has 0 atom stereocenters. The molecule has 0 unspecified atom stereocenters. The Bertz CT molecular complexity index is 625. The molecule has 1 heterocycles. The lowest BCUT2D eigenvalue weighted by Crippen LogP contribution is -2.53. The van der Waals surface area contributed by atoms with Gasteiger partial charge in [0.05, 0.1) is 6.54 Å². The van der Waals surface area contributed by atoms with Crippen molar-refractivity contribution < 1.29 is 9.59 Å². The molecule has 7 heteroatoms. The Morgan fingerprint density at radius 1 is 0.964 bits per heavy atom. The van der Waals surface area contributed by atoms with E-state index in [-0.39, 0.29) is 11.9 Å². The van der Waals surface area contributed by atoms with Gasteiger partial charge in [0, 0.05) is 45.8 Å². The molecular formula is C21H35N5O2. The van der Waals surface area contributed by atoms with Crippen molar-refractivity contribution >= 4 is 11.9 Å². The molecule has 2 rings (SSSR count). The minimum absolute atomic E-state index is 0.0321. The third kappa shape index (κ3) is 6.80. The first-order valence-corrected chi connectivity index (χ1v) is 10.4. The number of rotatable bonds is 9. The Morgan fingerprint density at radius 2 is 1.61 bits per heavy atom. The highest BCUT2D eigenvalue weighted by molar-refractivity contribution is 5.78. The largest absolute Gasteiger partial charge is 0.355 e. The van der Waals surface area contributed by atoms with Crippen molar-refractivity contribution in [2.24, 2.45) is 0 Å². The Hall–Kier alpha value is -2.12. The van der Waals surface area contributed by atoms with Crippen molar-refractivity contribution in [3.05, 3.63) is 35.4 Å². The molecule has 2 N–H and O–H groups in total. The predicted molar refractivity (Wildman–Crippen MR) is 112 cm³/mol. The third-order valence-corrected chi connectivity index (χ3v) is 5.24. The Kier molecular flexibility index (Phi) is 9.23. The molecule has 0 aliphatic carbocycles. The number of nitrogens with zero attached hydrogens (tertiary/aromatic N) is 3. The number of benzene rings is 1. The van der Waals surface area contributed by atoms with Crippen LogP contribution in [-0.2, 0) is 17.9 Å². The van der Waals surface area contributed by atoms with E-state index in [9.17, 15) is 9.59 Å². The van der Waals surface area contributed by atoms with Gasteiger partial charge in [0.2, 0.25) is 5.91 Å². The van der Waals surface area contributed by atoms with Gasteiger partial charge in [0.25, 0.3) is 0 Å². The maximum absolute atomic E-state index is 12.6. The second-order valence-electron chi connectivity index (χ2n) is 7.11. The fraction of sp³-hybridized carbons (Fsp3) is 0.619. The maximum Gasteiger partial charge on any atom is 0.317 e. The van der Waals surface area contributed by atoms with Crippen LogP contribution in [0.15, 0.2) is 24.3 Å².